The number of rotatable bonds is 8. The Kier molecular flexibility index (Phi) is 6.45. The van der Waals surface area contributed by atoms with E-state index in [0.29, 0.717) is 6.07 Å². The fraction of sp³-hybridized carbons (Fsp3) is 0. The molecule has 0 aliphatic heterocycles. The van der Waals surface area contributed by atoms with Crippen LogP contribution in [0.25, 0.3) is 0 Å². The third-order valence-corrected chi connectivity index (χ3v) is 7.94. The highest BCUT2D eigenvalue weighted by Gasteiger charge is 2.23. The molecule has 0 saturated carbocycles. The minimum Gasteiger partial charge on any atom is -0.502 e. The number of thiophene rings is 1. The second kappa shape index (κ2) is 8.91. The van der Waals surface area contributed by atoms with Gasteiger partial charge in [-0.1, -0.05) is 18.2 Å². The number of nitrogens with zero attached hydrogens (tertiary/aromatic N) is 1. The van der Waals surface area contributed by atoms with Gasteiger partial charge in [0.05, 0.1) is 21.1 Å². The third-order valence-electron chi connectivity index (χ3n) is 3.93. The number of benzene rings is 2. The number of phenolic OH excluding ortho intramolecular Hbond substituents is 1. The van der Waals surface area contributed by atoms with Gasteiger partial charge in [-0.15, -0.1) is 16.2 Å². The van der Waals surface area contributed by atoms with Crippen LogP contribution < -0.4 is 15.0 Å². The van der Waals surface area contributed by atoms with Crippen LogP contribution in [-0.2, 0) is 20.0 Å². The van der Waals surface area contributed by atoms with Crippen molar-refractivity contribution in [2.45, 2.75) is 9.10 Å². The zero-order chi connectivity index (χ0) is 23.5. The molecule has 0 saturated heterocycles. The Bertz CT molecular complexity index is 1390. The van der Waals surface area contributed by atoms with Crippen LogP contribution in [0.3, 0.4) is 0 Å². The first-order valence-corrected chi connectivity index (χ1v) is 12.3. The summed E-state index contributed by atoms with van der Waals surface area (Å²) in [5.74, 6) is -1.73. The zero-order valence-corrected chi connectivity index (χ0v) is 18.2. The minimum atomic E-state index is -4.45. The smallest absolute Gasteiger partial charge is 0.312 e. The summed E-state index contributed by atoms with van der Waals surface area (Å²) in [7, 11) is -8.42. The summed E-state index contributed by atoms with van der Waals surface area (Å²) in [6.45, 7) is 0. The molecule has 3 rings (SSSR count). The number of nitrogens with one attached hydrogen (secondary N) is 3. The highest BCUT2D eigenvalue weighted by atomic mass is 32.2. The van der Waals surface area contributed by atoms with Crippen molar-refractivity contribution < 1.29 is 31.7 Å². The number of nitro benzene ring substituents is 1. The number of phenols is 1. The van der Waals surface area contributed by atoms with E-state index in [9.17, 15) is 36.9 Å². The number of nitro groups is 1. The van der Waals surface area contributed by atoms with Gasteiger partial charge in [0.15, 0.2) is 5.75 Å². The number of hydrogen-bond donors (Lipinski definition) is 4. The average molecular weight is 499 g/mol. The maximum absolute atomic E-state index is 12.5. The molecule has 1 amide bonds. The molecule has 0 aliphatic carbocycles. The Labute approximate surface area is 185 Å². The molecule has 32 heavy (non-hydrogen) atoms. The Morgan fingerprint density at radius 2 is 1.72 bits per heavy atom. The number of para-hydroxylation sites is 1. The molecule has 3 aromatic rings. The van der Waals surface area contributed by atoms with Crippen molar-refractivity contribution in [3.63, 3.8) is 0 Å². The van der Waals surface area contributed by atoms with Crippen LogP contribution in [0.4, 0.5) is 11.4 Å². The van der Waals surface area contributed by atoms with Gasteiger partial charge < -0.3 is 5.11 Å². The van der Waals surface area contributed by atoms with Crippen LogP contribution in [0.5, 0.6) is 5.75 Å². The van der Waals surface area contributed by atoms with Crippen molar-refractivity contribution in [3.05, 3.63) is 75.7 Å². The number of carbonyl (C=O) groups excluding carboxylic acids is 1. The molecule has 0 unspecified atom stereocenters. The monoisotopic (exact) mass is 498 g/mol. The van der Waals surface area contributed by atoms with Crippen molar-refractivity contribution in [2.75, 3.05) is 4.72 Å². The molecule has 0 spiro atoms. The predicted molar refractivity (Wildman–Crippen MR) is 114 cm³/mol. The summed E-state index contributed by atoms with van der Waals surface area (Å²) in [6.07, 6.45) is 0. The van der Waals surface area contributed by atoms with Gasteiger partial charge in [-0.3, -0.25) is 25.1 Å². The average Bonchev–Trinajstić information content (AvgIpc) is 3.28. The van der Waals surface area contributed by atoms with E-state index in [2.05, 4.69) is 4.72 Å². The Morgan fingerprint density at radius 1 is 1.00 bits per heavy atom. The molecule has 0 fully saturated rings. The van der Waals surface area contributed by atoms with Gasteiger partial charge in [0.25, 0.3) is 26.0 Å². The van der Waals surface area contributed by atoms with Gasteiger partial charge in [-0.2, -0.15) is 0 Å². The molecule has 0 radical (unpaired) electrons. The van der Waals surface area contributed by atoms with E-state index in [1.165, 1.54) is 30.3 Å². The minimum absolute atomic E-state index is 0.0161. The molecule has 168 valence electrons. The first-order chi connectivity index (χ1) is 15.0. The quantitative estimate of drug-likeness (QED) is 0.267. The molecule has 0 aliphatic rings. The molecule has 1 aromatic heterocycles. The van der Waals surface area contributed by atoms with Crippen LogP contribution in [-0.4, -0.2) is 32.8 Å². The molecule has 0 bridgehead atoms. The fourth-order valence-electron chi connectivity index (χ4n) is 2.44. The van der Waals surface area contributed by atoms with E-state index >= 15 is 0 Å². The third kappa shape index (κ3) is 5.02. The Morgan fingerprint density at radius 3 is 2.38 bits per heavy atom. The lowest BCUT2D eigenvalue weighted by atomic mass is 10.2. The van der Waals surface area contributed by atoms with Crippen molar-refractivity contribution in [1.82, 2.24) is 10.3 Å². The van der Waals surface area contributed by atoms with E-state index in [1.54, 1.807) is 16.3 Å². The largest absolute Gasteiger partial charge is 0.502 e. The Balaban J connectivity index is 1.80. The lowest BCUT2D eigenvalue weighted by molar-refractivity contribution is -0.386. The highest BCUT2D eigenvalue weighted by Crippen LogP contribution is 2.28. The SMILES string of the molecule is O=C(NNS(=O)(=O)c1ccc(O)c([N+](=O)[O-])c1)c1ccccc1NS(=O)(=O)c1cccs1. The van der Waals surface area contributed by atoms with E-state index < -0.39 is 47.2 Å². The van der Waals surface area contributed by atoms with E-state index in [0.717, 1.165) is 23.5 Å². The highest BCUT2D eigenvalue weighted by molar-refractivity contribution is 7.94. The van der Waals surface area contributed by atoms with Crippen LogP contribution in [0.15, 0.2) is 69.1 Å². The molecule has 0 atom stereocenters. The number of hydrazine groups is 1. The predicted octanol–water partition coefficient (Wildman–Crippen LogP) is 1.79. The number of aromatic hydroxyl groups is 1. The van der Waals surface area contributed by atoms with Crippen molar-refractivity contribution in [3.8, 4) is 5.75 Å². The van der Waals surface area contributed by atoms with Crippen LogP contribution >= 0.6 is 11.3 Å². The van der Waals surface area contributed by atoms with Gasteiger partial charge in [0, 0.05) is 6.07 Å². The zero-order valence-electron chi connectivity index (χ0n) is 15.8. The first-order valence-electron chi connectivity index (χ1n) is 8.46. The fourth-order valence-corrected chi connectivity index (χ4v) is 5.37. The summed E-state index contributed by atoms with van der Waals surface area (Å²) in [4.78, 5) is 23.6. The van der Waals surface area contributed by atoms with Crippen molar-refractivity contribution in [1.29, 1.82) is 0 Å². The van der Waals surface area contributed by atoms with Gasteiger partial charge >= 0.3 is 5.69 Å². The number of carbonyl (C=O) groups is 1. The topological polar surface area (TPSA) is 185 Å². The number of anilines is 1. The number of hydrogen-bond acceptors (Lipinski definition) is 9. The summed E-state index contributed by atoms with van der Waals surface area (Å²) in [6, 6.07) is 10.8. The summed E-state index contributed by atoms with van der Waals surface area (Å²) in [5.41, 5.74) is 0.793. The normalized spacial score (nSPS) is 11.6. The Hall–Kier alpha value is -3.53. The summed E-state index contributed by atoms with van der Waals surface area (Å²) < 4.78 is 51.9. The van der Waals surface area contributed by atoms with Gasteiger partial charge in [0.1, 0.15) is 4.21 Å². The van der Waals surface area contributed by atoms with Gasteiger partial charge in [-0.05, 0) is 35.7 Å². The molecule has 2 aromatic carbocycles. The lowest BCUT2D eigenvalue weighted by Crippen LogP contribution is -2.41. The lowest BCUT2D eigenvalue weighted by Gasteiger charge is -2.13. The van der Waals surface area contributed by atoms with Crippen LogP contribution in [0, 0.1) is 10.1 Å². The maximum Gasteiger partial charge on any atom is 0.312 e. The van der Waals surface area contributed by atoms with Gasteiger partial charge in [-0.25, -0.2) is 16.8 Å². The summed E-state index contributed by atoms with van der Waals surface area (Å²) >= 11 is 0.970. The molecule has 12 nitrogen and oxygen atoms in total. The van der Waals surface area contributed by atoms with Crippen LogP contribution in [0.2, 0.25) is 0 Å². The number of amides is 1. The first kappa shape index (κ1) is 23.1. The van der Waals surface area contributed by atoms with E-state index in [4.69, 9.17) is 0 Å². The molecule has 15 heteroatoms. The summed E-state index contributed by atoms with van der Waals surface area (Å²) in [5, 5.41) is 21.9. The number of sulfonamides is 2. The molecule has 4 N–H and O–H groups in total. The standard InChI is InChI=1S/C17H14N4O8S3/c22-15-8-7-11(10-14(15)21(24)25)31(26,27)20-18-17(23)12-4-1-2-5-13(12)19-32(28,29)16-6-3-9-30-16/h1-10,19-20,22H,(H,18,23). The molecular formula is C17H14N4O8S3. The van der Waals surface area contributed by atoms with E-state index in [1.807, 2.05) is 5.43 Å². The maximum atomic E-state index is 12.5. The van der Waals surface area contributed by atoms with E-state index in [-0.39, 0.29) is 15.5 Å². The molecule has 1 heterocycles. The van der Waals surface area contributed by atoms with Crippen molar-refractivity contribution >= 4 is 48.7 Å². The second-order valence-corrected chi connectivity index (χ2v) is 10.6. The van der Waals surface area contributed by atoms with Crippen molar-refractivity contribution in [2.24, 2.45) is 0 Å². The van der Waals surface area contributed by atoms with Crippen LogP contribution in [0.1, 0.15) is 10.4 Å². The second-order valence-electron chi connectivity index (χ2n) is 6.05. The van der Waals surface area contributed by atoms with Gasteiger partial charge in [0.2, 0.25) is 0 Å². The molecular weight excluding hydrogens is 484 g/mol.